The molecule has 0 radical (unpaired) electrons. The third-order valence-electron chi connectivity index (χ3n) is 3.20. The van der Waals surface area contributed by atoms with Crippen LogP contribution in [0.15, 0.2) is 29.4 Å². The Labute approximate surface area is 112 Å². The first-order valence-corrected chi connectivity index (χ1v) is 5.76. The van der Waals surface area contributed by atoms with Gasteiger partial charge in [0, 0.05) is 11.1 Å². The summed E-state index contributed by atoms with van der Waals surface area (Å²) in [7, 11) is 0. The van der Waals surface area contributed by atoms with E-state index in [1.807, 2.05) is 5.32 Å². The molecule has 1 saturated carbocycles. The van der Waals surface area contributed by atoms with Crippen molar-refractivity contribution in [2.75, 3.05) is 0 Å². The fraction of sp³-hybridized carbons (Fsp3) is 0.333. The number of nitrogens with two attached hydrogens (primary N) is 1. The number of hydrogen-bond donors (Lipinski definition) is 3. The molecule has 1 aliphatic carbocycles. The molecule has 1 amide bonds. The number of amidine groups is 1. The smallest absolute Gasteiger partial charge is 0.409 e. The second-order valence-corrected chi connectivity index (χ2v) is 4.60. The molecule has 1 aliphatic rings. The van der Waals surface area contributed by atoms with E-state index in [2.05, 4.69) is 5.16 Å². The maximum Gasteiger partial charge on any atom is 0.411 e. The number of carbonyl (C=O) groups is 1. The molecule has 1 aromatic carbocycles. The van der Waals surface area contributed by atoms with Crippen LogP contribution in [-0.4, -0.2) is 28.7 Å². The summed E-state index contributed by atoms with van der Waals surface area (Å²) >= 11 is 0. The van der Waals surface area contributed by atoms with Crippen molar-refractivity contribution < 1.29 is 23.2 Å². The van der Waals surface area contributed by atoms with Gasteiger partial charge in [-0.05, 0) is 25.0 Å². The Balaban J connectivity index is 2.11. The van der Waals surface area contributed by atoms with Crippen LogP contribution in [0.3, 0.4) is 0 Å². The highest BCUT2D eigenvalue weighted by molar-refractivity contribution is 5.99. The van der Waals surface area contributed by atoms with Gasteiger partial charge < -0.3 is 16.3 Å². The highest BCUT2D eigenvalue weighted by Crippen LogP contribution is 2.49. The highest BCUT2D eigenvalue weighted by atomic mass is 19.4. The van der Waals surface area contributed by atoms with Gasteiger partial charge in [-0.25, -0.2) is 0 Å². The number of nitrogens with zero attached hydrogens (tertiary/aromatic N) is 1. The molecule has 108 valence electrons. The molecule has 20 heavy (non-hydrogen) atoms. The molecule has 0 atom stereocenters. The van der Waals surface area contributed by atoms with Crippen molar-refractivity contribution in [3.63, 3.8) is 0 Å². The Morgan fingerprint density at radius 1 is 1.25 bits per heavy atom. The first-order valence-electron chi connectivity index (χ1n) is 5.76. The number of alkyl halides is 3. The van der Waals surface area contributed by atoms with Crippen molar-refractivity contribution in [3.8, 4) is 0 Å². The fourth-order valence-electron chi connectivity index (χ4n) is 1.74. The molecule has 0 spiro atoms. The lowest BCUT2D eigenvalue weighted by Gasteiger charge is -2.20. The normalized spacial score (nSPS) is 17.6. The maximum atomic E-state index is 12.7. The molecule has 0 aromatic heterocycles. The van der Waals surface area contributed by atoms with Crippen LogP contribution < -0.4 is 11.1 Å². The summed E-state index contributed by atoms with van der Waals surface area (Å²) in [5, 5.41) is 13.3. The van der Waals surface area contributed by atoms with Crippen LogP contribution in [0.2, 0.25) is 0 Å². The molecule has 1 fully saturated rings. The van der Waals surface area contributed by atoms with Crippen molar-refractivity contribution in [2.24, 2.45) is 10.9 Å². The van der Waals surface area contributed by atoms with E-state index in [0.29, 0.717) is 5.56 Å². The minimum Gasteiger partial charge on any atom is -0.409 e. The molecule has 0 aliphatic heterocycles. The van der Waals surface area contributed by atoms with Gasteiger partial charge >= 0.3 is 6.18 Å². The third-order valence-corrected chi connectivity index (χ3v) is 3.20. The Morgan fingerprint density at radius 3 is 2.15 bits per heavy atom. The van der Waals surface area contributed by atoms with E-state index < -0.39 is 17.6 Å². The zero-order valence-electron chi connectivity index (χ0n) is 10.2. The Hall–Kier alpha value is -2.25. The van der Waals surface area contributed by atoms with Crippen LogP contribution in [0.1, 0.15) is 28.8 Å². The van der Waals surface area contributed by atoms with Gasteiger partial charge in [0.2, 0.25) is 0 Å². The zero-order chi connectivity index (χ0) is 15.0. The predicted octanol–water partition coefficient (Wildman–Crippen LogP) is 1.61. The van der Waals surface area contributed by atoms with Crippen LogP contribution in [0.5, 0.6) is 0 Å². The molecule has 8 heteroatoms. The fourth-order valence-corrected chi connectivity index (χ4v) is 1.74. The van der Waals surface area contributed by atoms with E-state index in [9.17, 15) is 18.0 Å². The van der Waals surface area contributed by atoms with Gasteiger partial charge in [-0.1, -0.05) is 17.3 Å². The van der Waals surface area contributed by atoms with E-state index >= 15 is 0 Å². The highest BCUT2D eigenvalue weighted by Gasteiger charge is 2.64. The van der Waals surface area contributed by atoms with Crippen molar-refractivity contribution in [2.45, 2.75) is 24.6 Å². The van der Waals surface area contributed by atoms with Crippen molar-refractivity contribution in [3.05, 3.63) is 35.4 Å². The number of halogens is 3. The van der Waals surface area contributed by atoms with Gasteiger partial charge in [-0.3, -0.25) is 4.79 Å². The predicted molar refractivity (Wildman–Crippen MR) is 64.4 cm³/mol. The van der Waals surface area contributed by atoms with Crippen LogP contribution in [0.4, 0.5) is 13.2 Å². The van der Waals surface area contributed by atoms with Gasteiger partial charge in [0.25, 0.3) is 5.91 Å². The maximum absolute atomic E-state index is 12.7. The number of oxime groups is 1. The first kappa shape index (κ1) is 14.2. The minimum atomic E-state index is -4.45. The van der Waals surface area contributed by atoms with E-state index in [4.69, 9.17) is 10.9 Å². The lowest BCUT2D eigenvalue weighted by atomic mass is 10.1. The molecule has 0 bridgehead atoms. The van der Waals surface area contributed by atoms with E-state index in [-0.39, 0.29) is 24.2 Å². The summed E-state index contributed by atoms with van der Waals surface area (Å²) in [6.45, 7) is 0. The Morgan fingerprint density at radius 2 is 1.75 bits per heavy atom. The quantitative estimate of drug-likeness (QED) is 0.341. The summed E-state index contributed by atoms with van der Waals surface area (Å²) in [4.78, 5) is 11.8. The first-order chi connectivity index (χ1) is 9.29. The second-order valence-electron chi connectivity index (χ2n) is 4.60. The van der Waals surface area contributed by atoms with Gasteiger partial charge in [0.05, 0.1) is 0 Å². The molecule has 1 aromatic rings. The van der Waals surface area contributed by atoms with E-state index in [0.717, 1.165) is 0 Å². The minimum absolute atomic E-state index is 0.0787. The molecule has 0 unspecified atom stereocenters. The Kier molecular flexibility index (Phi) is 3.33. The second kappa shape index (κ2) is 4.69. The summed E-state index contributed by atoms with van der Waals surface area (Å²) in [6, 6.07) is 5.40. The number of carbonyl (C=O) groups excluding carboxylic acids is 1. The average molecular weight is 287 g/mol. The van der Waals surface area contributed by atoms with Crippen molar-refractivity contribution >= 4 is 11.7 Å². The monoisotopic (exact) mass is 287 g/mol. The molecular weight excluding hydrogens is 275 g/mol. The van der Waals surface area contributed by atoms with Gasteiger partial charge in [0.1, 0.15) is 5.54 Å². The standard InChI is InChI=1S/C12H12F3N3O2/c13-12(14,15)11(5-6-11)17-10(19)8-3-1-7(2-4-8)9(16)18-20/h1-4,20H,5-6H2,(H2,16,18)(H,17,19). The summed E-state index contributed by atoms with van der Waals surface area (Å²) in [6.07, 6.45) is -4.66. The number of hydrogen-bond acceptors (Lipinski definition) is 3. The molecular formula is C12H12F3N3O2. The molecule has 2 rings (SSSR count). The summed E-state index contributed by atoms with van der Waals surface area (Å²) < 4.78 is 38.1. The molecule has 4 N–H and O–H groups in total. The molecule has 0 saturated heterocycles. The van der Waals surface area contributed by atoms with Crippen LogP contribution in [-0.2, 0) is 0 Å². The summed E-state index contributed by atoms with van der Waals surface area (Å²) in [5.41, 5.74) is 3.69. The van der Waals surface area contributed by atoms with Gasteiger partial charge in [-0.15, -0.1) is 0 Å². The zero-order valence-corrected chi connectivity index (χ0v) is 10.2. The number of benzene rings is 1. The third kappa shape index (κ3) is 2.54. The number of amides is 1. The SMILES string of the molecule is N/C(=N/O)c1ccc(C(=O)NC2(C(F)(F)F)CC2)cc1. The van der Waals surface area contributed by atoms with E-state index in [1.54, 1.807) is 0 Å². The van der Waals surface area contributed by atoms with Crippen LogP contribution >= 0.6 is 0 Å². The number of rotatable bonds is 3. The average Bonchev–Trinajstić information content (AvgIpc) is 3.18. The van der Waals surface area contributed by atoms with Crippen LogP contribution in [0, 0.1) is 0 Å². The topological polar surface area (TPSA) is 87.7 Å². The van der Waals surface area contributed by atoms with Gasteiger partial charge in [0.15, 0.2) is 5.84 Å². The van der Waals surface area contributed by atoms with Gasteiger partial charge in [-0.2, -0.15) is 13.2 Å². The lowest BCUT2D eigenvalue weighted by molar-refractivity contribution is -0.163. The largest absolute Gasteiger partial charge is 0.411 e. The van der Waals surface area contributed by atoms with Crippen molar-refractivity contribution in [1.82, 2.24) is 5.32 Å². The molecule has 0 heterocycles. The lowest BCUT2D eigenvalue weighted by Crippen LogP contribution is -2.47. The number of nitrogens with one attached hydrogen (secondary N) is 1. The van der Waals surface area contributed by atoms with Crippen molar-refractivity contribution in [1.29, 1.82) is 0 Å². The summed E-state index contributed by atoms with van der Waals surface area (Å²) in [5.74, 6) is -0.947. The molecule has 5 nitrogen and oxygen atoms in total. The van der Waals surface area contributed by atoms with Crippen LogP contribution in [0.25, 0.3) is 0 Å². The Bertz CT molecular complexity index is 548. The van der Waals surface area contributed by atoms with E-state index in [1.165, 1.54) is 24.3 Å².